The monoisotopic (exact) mass is 250 g/mol. The molecule has 2 atom stereocenters. The molecule has 0 N–H and O–H groups in total. The van der Waals surface area contributed by atoms with Crippen molar-refractivity contribution in [2.75, 3.05) is 19.7 Å². The van der Waals surface area contributed by atoms with Gasteiger partial charge in [0.25, 0.3) is 0 Å². The van der Waals surface area contributed by atoms with Gasteiger partial charge in [-0.1, -0.05) is 19.3 Å². The number of hydrogen-bond acceptors (Lipinski definition) is 3. The quantitative estimate of drug-likeness (QED) is 0.723. The molecule has 2 aliphatic rings. The zero-order chi connectivity index (χ0) is 12.8. The van der Waals surface area contributed by atoms with Crippen molar-refractivity contribution < 1.29 is 4.74 Å². The Morgan fingerprint density at radius 2 is 1.83 bits per heavy atom. The molecule has 2 unspecified atom stereocenters. The number of hydrogen-bond donors (Lipinski definition) is 0. The largest absolute Gasteiger partial charge is 0.378 e. The third-order valence-electron chi connectivity index (χ3n) is 4.49. The molecule has 0 bridgehead atoms. The number of nitriles is 1. The zero-order valence-electron chi connectivity index (χ0n) is 11.6. The third-order valence-corrected chi connectivity index (χ3v) is 4.49. The summed E-state index contributed by atoms with van der Waals surface area (Å²) in [5, 5.41) is 9.35. The number of rotatable bonds is 3. The highest BCUT2D eigenvalue weighted by atomic mass is 16.5. The molecule has 0 aromatic heterocycles. The molecular formula is C15H26N2O. The minimum absolute atomic E-state index is 0.260. The van der Waals surface area contributed by atoms with Crippen LogP contribution in [0, 0.1) is 17.2 Å². The highest BCUT2D eigenvalue weighted by molar-refractivity contribution is 4.95. The van der Waals surface area contributed by atoms with Crippen LogP contribution in [-0.2, 0) is 4.74 Å². The molecule has 1 saturated heterocycles. The molecular weight excluding hydrogens is 224 g/mol. The molecule has 1 saturated carbocycles. The lowest BCUT2D eigenvalue weighted by molar-refractivity contribution is -0.00153. The number of ether oxygens (including phenoxy) is 1. The predicted molar refractivity (Wildman–Crippen MR) is 72.2 cm³/mol. The zero-order valence-corrected chi connectivity index (χ0v) is 11.6. The maximum Gasteiger partial charge on any atom is 0.0672 e. The fourth-order valence-corrected chi connectivity index (χ4v) is 3.49. The van der Waals surface area contributed by atoms with Crippen LogP contribution in [0.15, 0.2) is 0 Å². The van der Waals surface area contributed by atoms with E-state index in [0.29, 0.717) is 12.1 Å². The van der Waals surface area contributed by atoms with Gasteiger partial charge in [-0.15, -0.1) is 0 Å². The molecule has 2 fully saturated rings. The molecule has 1 heterocycles. The molecule has 1 aliphatic heterocycles. The maximum atomic E-state index is 9.35. The fraction of sp³-hybridized carbons (Fsp3) is 0.933. The Labute approximate surface area is 111 Å². The van der Waals surface area contributed by atoms with E-state index in [0.717, 1.165) is 39.0 Å². The van der Waals surface area contributed by atoms with Crippen molar-refractivity contribution in [1.29, 1.82) is 5.26 Å². The molecule has 0 amide bonds. The summed E-state index contributed by atoms with van der Waals surface area (Å²) in [5.41, 5.74) is 0. The summed E-state index contributed by atoms with van der Waals surface area (Å²) < 4.78 is 5.70. The van der Waals surface area contributed by atoms with Crippen molar-refractivity contribution in [3.05, 3.63) is 0 Å². The molecule has 102 valence electrons. The van der Waals surface area contributed by atoms with Gasteiger partial charge in [-0.3, -0.25) is 4.90 Å². The lowest BCUT2D eigenvalue weighted by atomic mass is 9.92. The van der Waals surface area contributed by atoms with E-state index in [1.54, 1.807) is 0 Å². The molecule has 3 heteroatoms. The van der Waals surface area contributed by atoms with Crippen LogP contribution in [0.2, 0.25) is 0 Å². The summed E-state index contributed by atoms with van der Waals surface area (Å²) in [7, 11) is 0. The first kappa shape index (κ1) is 13.8. The Bertz CT molecular complexity index is 279. The van der Waals surface area contributed by atoms with Crippen LogP contribution in [-0.4, -0.2) is 36.7 Å². The number of piperidine rings is 1. The van der Waals surface area contributed by atoms with Crippen molar-refractivity contribution in [3.8, 4) is 6.07 Å². The first-order valence-electron chi connectivity index (χ1n) is 7.60. The van der Waals surface area contributed by atoms with E-state index in [4.69, 9.17) is 4.74 Å². The SMILES string of the molecule is CCOC1CCN(C2CCCCCC2C#N)CC1. The summed E-state index contributed by atoms with van der Waals surface area (Å²) in [6.07, 6.45) is 8.91. The summed E-state index contributed by atoms with van der Waals surface area (Å²) in [4.78, 5) is 2.56. The van der Waals surface area contributed by atoms with Gasteiger partial charge >= 0.3 is 0 Å². The van der Waals surface area contributed by atoms with Crippen molar-refractivity contribution in [2.45, 2.75) is 64.0 Å². The lowest BCUT2D eigenvalue weighted by Gasteiger charge is -2.38. The van der Waals surface area contributed by atoms with Crippen molar-refractivity contribution >= 4 is 0 Å². The van der Waals surface area contributed by atoms with Crippen LogP contribution in [0.25, 0.3) is 0 Å². The Kier molecular flexibility index (Phi) is 5.46. The number of likely N-dealkylation sites (tertiary alicyclic amines) is 1. The van der Waals surface area contributed by atoms with Crippen molar-refractivity contribution in [2.24, 2.45) is 5.92 Å². The first-order valence-corrected chi connectivity index (χ1v) is 7.60. The second kappa shape index (κ2) is 7.11. The smallest absolute Gasteiger partial charge is 0.0672 e. The molecule has 1 aliphatic carbocycles. The van der Waals surface area contributed by atoms with Crippen molar-refractivity contribution in [1.82, 2.24) is 4.90 Å². The maximum absolute atomic E-state index is 9.35. The number of nitrogens with zero attached hydrogens (tertiary/aromatic N) is 2. The van der Waals surface area contributed by atoms with E-state index in [-0.39, 0.29) is 5.92 Å². The van der Waals surface area contributed by atoms with Crippen LogP contribution < -0.4 is 0 Å². The molecule has 2 rings (SSSR count). The van der Waals surface area contributed by atoms with E-state index in [2.05, 4.69) is 17.9 Å². The standard InChI is InChI=1S/C15H26N2O/c1-2-18-14-8-10-17(11-9-14)15-7-5-3-4-6-13(15)12-16/h13-15H,2-11H2,1H3. The summed E-state index contributed by atoms with van der Waals surface area (Å²) in [6, 6.07) is 3.07. The highest BCUT2D eigenvalue weighted by Gasteiger charge is 2.31. The van der Waals surface area contributed by atoms with Crippen LogP contribution in [0.5, 0.6) is 0 Å². The fourth-order valence-electron chi connectivity index (χ4n) is 3.49. The van der Waals surface area contributed by atoms with E-state index in [1.807, 2.05) is 0 Å². The van der Waals surface area contributed by atoms with Gasteiger partial charge in [0.2, 0.25) is 0 Å². The van der Waals surface area contributed by atoms with Gasteiger partial charge in [0.15, 0.2) is 0 Å². The minimum Gasteiger partial charge on any atom is -0.378 e. The van der Waals surface area contributed by atoms with E-state index in [1.165, 1.54) is 25.7 Å². The summed E-state index contributed by atoms with van der Waals surface area (Å²) in [5.74, 6) is 0.260. The predicted octanol–water partition coefficient (Wildman–Crippen LogP) is 2.96. The molecule has 0 aromatic carbocycles. The third kappa shape index (κ3) is 3.46. The van der Waals surface area contributed by atoms with Gasteiger partial charge in [-0.05, 0) is 32.6 Å². The average Bonchev–Trinajstić information content (AvgIpc) is 2.65. The van der Waals surface area contributed by atoms with E-state index < -0.39 is 0 Å². The summed E-state index contributed by atoms with van der Waals surface area (Å²) >= 11 is 0. The molecule has 3 nitrogen and oxygen atoms in total. The Morgan fingerprint density at radius 3 is 2.50 bits per heavy atom. The van der Waals surface area contributed by atoms with Gasteiger partial charge in [-0.25, -0.2) is 0 Å². The van der Waals surface area contributed by atoms with Gasteiger partial charge in [0.1, 0.15) is 0 Å². The second-order valence-electron chi connectivity index (χ2n) is 5.63. The molecule has 0 aromatic rings. The molecule has 18 heavy (non-hydrogen) atoms. The van der Waals surface area contributed by atoms with Crippen molar-refractivity contribution in [3.63, 3.8) is 0 Å². The van der Waals surface area contributed by atoms with Gasteiger partial charge < -0.3 is 4.74 Å². The summed E-state index contributed by atoms with van der Waals surface area (Å²) in [6.45, 7) is 5.14. The minimum atomic E-state index is 0.260. The second-order valence-corrected chi connectivity index (χ2v) is 5.63. The molecule has 0 radical (unpaired) electrons. The van der Waals surface area contributed by atoms with Gasteiger partial charge in [-0.2, -0.15) is 5.26 Å². The topological polar surface area (TPSA) is 36.3 Å². The lowest BCUT2D eigenvalue weighted by Crippen LogP contribution is -2.46. The Balaban J connectivity index is 1.88. The normalized spacial score (nSPS) is 31.8. The van der Waals surface area contributed by atoms with Crippen LogP contribution in [0.4, 0.5) is 0 Å². The van der Waals surface area contributed by atoms with E-state index in [9.17, 15) is 5.26 Å². The van der Waals surface area contributed by atoms with E-state index >= 15 is 0 Å². The van der Waals surface area contributed by atoms with Gasteiger partial charge in [0.05, 0.1) is 18.1 Å². The highest BCUT2D eigenvalue weighted by Crippen LogP contribution is 2.29. The van der Waals surface area contributed by atoms with Crippen LogP contribution >= 0.6 is 0 Å². The first-order chi connectivity index (χ1) is 8.85. The van der Waals surface area contributed by atoms with Crippen LogP contribution in [0.1, 0.15) is 51.9 Å². The Hall–Kier alpha value is -0.590. The Morgan fingerprint density at radius 1 is 1.11 bits per heavy atom. The van der Waals surface area contributed by atoms with Crippen LogP contribution in [0.3, 0.4) is 0 Å². The molecule has 0 spiro atoms. The van der Waals surface area contributed by atoms with Gasteiger partial charge in [0, 0.05) is 25.7 Å². The average molecular weight is 250 g/mol.